The molecule has 196 valence electrons. The minimum Gasteiger partial charge on any atom is -0.489 e. The van der Waals surface area contributed by atoms with Crippen LogP contribution in [0.4, 0.5) is 16.4 Å². The summed E-state index contributed by atoms with van der Waals surface area (Å²) in [6, 6.07) is 15.6. The molecule has 0 bridgehead atoms. The third-order valence-electron chi connectivity index (χ3n) is 5.79. The lowest BCUT2D eigenvalue weighted by molar-refractivity contribution is -0.142. The van der Waals surface area contributed by atoms with E-state index in [0.717, 1.165) is 36.8 Å². The van der Waals surface area contributed by atoms with Crippen LogP contribution < -0.4 is 20.9 Å². The van der Waals surface area contributed by atoms with Crippen molar-refractivity contribution in [2.45, 2.75) is 65.6 Å². The van der Waals surface area contributed by atoms with Gasteiger partial charge in [-0.05, 0) is 48.2 Å². The highest BCUT2D eigenvalue weighted by Gasteiger charge is 2.14. The zero-order chi connectivity index (χ0) is 26.6. The Balaban J connectivity index is 1.52. The average Bonchev–Trinajstić information content (AvgIpc) is 2.87. The topological polar surface area (TPSA) is 122 Å². The number of carbonyl (C=O) groups is 2. The lowest BCUT2D eigenvalue weighted by Crippen LogP contribution is -2.24. The number of ether oxygens (including phenoxy) is 2. The molecule has 1 unspecified atom stereocenters. The van der Waals surface area contributed by atoms with Crippen LogP contribution in [-0.2, 0) is 22.7 Å². The van der Waals surface area contributed by atoms with E-state index in [4.69, 9.17) is 9.47 Å². The van der Waals surface area contributed by atoms with E-state index in [0.29, 0.717) is 23.7 Å². The van der Waals surface area contributed by atoms with Crippen LogP contribution in [0.5, 0.6) is 5.75 Å². The maximum atomic E-state index is 12.5. The molecule has 3 rings (SSSR count). The number of H-pyrrole nitrogens is 1. The molecule has 37 heavy (non-hydrogen) atoms. The number of hydrogen-bond acceptors (Lipinski definition) is 6. The Bertz CT molecular complexity index is 1220. The molecule has 0 fully saturated rings. The number of amides is 2. The van der Waals surface area contributed by atoms with Gasteiger partial charge < -0.3 is 14.8 Å². The van der Waals surface area contributed by atoms with Crippen molar-refractivity contribution in [3.05, 3.63) is 81.8 Å². The second-order valence-corrected chi connectivity index (χ2v) is 8.76. The summed E-state index contributed by atoms with van der Waals surface area (Å²) in [6.07, 6.45) is 3.96. The third-order valence-corrected chi connectivity index (χ3v) is 5.79. The minimum atomic E-state index is -0.500. The number of nitrogens with zero attached hydrogens (tertiary/aromatic N) is 1. The van der Waals surface area contributed by atoms with Gasteiger partial charge in [0.05, 0.1) is 5.69 Å². The summed E-state index contributed by atoms with van der Waals surface area (Å²) < 4.78 is 10.8. The predicted octanol–water partition coefficient (Wildman–Crippen LogP) is 5.74. The molecule has 0 saturated heterocycles. The van der Waals surface area contributed by atoms with E-state index in [9.17, 15) is 14.4 Å². The van der Waals surface area contributed by atoms with E-state index in [1.165, 1.54) is 13.0 Å². The highest BCUT2D eigenvalue weighted by molar-refractivity contribution is 5.98. The summed E-state index contributed by atoms with van der Waals surface area (Å²) >= 11 is 0. The SMILES string of the molecule is CCCCC(CC)c1cc(=O)[nH]c(NC(=O)Nc2ccc(COc3ccc(COC(C)=O)cc3)cc2)n1. The van der Waals surface area contributed by atoms with Crippen LogP contribution in [0, 0.1) is 0 Å². The quantitative estimate of drug-likeness (QED) is 0.269. The number of rotatable bonds is 12. The van der Waals surface area contributed by atoms with Crippen LogP contribution in [0.3, 0.4) is 0 Å². The van der Waals surface area contributed by atoms with Crippen molar-refractivity contribution in [2.75, 3.05) is 10.6 Å². The molecular weight excluding hydrogens is 472 g/mol. The lowest BCUT2D eigenvalue weighted by atomic mass is 9.96. The van der Waals surface area contributed by atoms with Crippen LogP contribution in [0.15, 0.2) is 59.4 Å². The number of unbranched alkanes of at least 4 members (excludes halogenated alkanes) is 1. The number of aromatic amines is 1. The summed E-state index contributed by atoms with van der Waals surface area (Å²) in [5, 5.41) is 5.36. The van der Waals surface area contributed by atoms with Gasteiger partial charge in [0.2, 0.25) is 5.95 Å². The van der Waals surface area contributed by atoms with Gasteiger partial charge >= 0.3 is 12.0 Å². The van der Waals surface area contributed by atoms with Gasteiger partial charge in [-0.15, -0.1) is 0 Å². The van der Waals surface area contributed by atoms with Crippen LogP contribution in [0.25, 0.3) is 0 Å². The molecule has 9 heteroatoms. The second-order valence-electron chi connectivity index (χ2n) is 8.76. The maximum absolute atomic E-state index is 12.5. The van der Waals surface area contributed by atoms with Crippen molar-refractivity contribution in [1.29, 1.82) is 0 Å². The normalized spacial score (nSPS) is 11.4. The molecule has 9 nitrogen and oxygen atoms in total. The molecule has 0 spiro atoms. The molecule has 1 heterocycles. The first kappa shape index (κ1) is 27.4. The number of esters is 1. The van der Waals surface area contributed by atoms with Gasteiger partial charge in [0.15, 0.2) is 0 Å². The summed E-state index contributed by atoms with van der Waals surface area (Å²) in [6.45, 7) is 6.16. The Morgan fingerprint density at radius 3 is 2.30 bits per heavy atom. The number of aromatic nitrogens is 2. The molecule has 3 aromatic rings. The van der Waals surface area contributed by atoms with Crippen molar-refractivity contribution < 1.29 is 19.1 Å². The van der Waals surface area contributed by atoms with E-state index in [2.05, 4.69) is 34.4 Å². The number of nitrogens with one attached hydrogen (secondary N) is 3. The predicted molar refractivity (Wildman–Crippen MR) is 143 cm³/mol. The van der Waals surface area contributed by atoms with Gasteiger partial charge in [-0.1, -0.05) is 51.0 Å². The van der Waals surface area contributed by atoms with E-state index in [-0.39, 0.29) is 30.0 Å². The minimum absolute atomic E-state index is 0.124. The van der Waals surface area contributed by atoms with E-state index in [1.54, 1.807) is 12.1 Å². The summed E-state index contributed by atoms with van der Waals surface area (Å²) in [5.41, 5.74) is 2.79. The second kappa shape index (κ2) is 13.8. The highest BCUT2D eigenvalue weighted by atomic mass is 16.5. The smallest absolute Gasteiger partial charge is 0.326 e. The molecule has 1 atom stereocenters. The molecule has 2 aromatic carbocycles. The Labute approximate surface area is 216 Å². The molecular formula is C28H34N4O5. The average molecular weight is 507 g/mol. The third kappa shape index (κ3) is 9.10. The van der Waals surface area contributed by atoms with Crippen LogP contribution in [0.1, 0.15) is 69.2 Å². The Kier molecular flexibility index (Phi) is 10.3. The lowest BCUT2D eigenvalue weighted by Gasteiger charge is -2.15. The van der Waals surface area contributed by atoms with Crippen molar-refractivity contribution in [1.82, 2.24) is 9.97 Å². The first-order valence-corrected chi connectivity index (χ1v) is 12.5. The molecule has 0 saturated carbocycles. The fourth-order valence-corrected chi connectivity index (χ4v) is 3.74. The first-order chi connectivity index (χ1) is 17.9. The molecule has 0 aliphatic carbocycles. The number of carbonyl (C=O) groups excluding carboxylic acids is 2. The van der Waals surface area contributed by atoms with Crippen molar-refractivity contribution in [3.63, 3.8) is 0 Å². The summed E-state index contributed by atoms with van der Waals surface area (Å²) in [4.78, 5) is 42.6. The van der Waals surface area contributed by atoms with Gasteiger partial charge in [-0.25, -0.2) is 9.78 Å². The van der Waals surface area contributed by atoms with Crippen molar-refractivity contribution in [3.8, 4) is 5.75 Å². The van der Waals surface area contributed by atoms with Crippen LogP contribution in [-0.4, -0.2) is 22.0 Å². The van der Waals surface area contributed by atoms with Crippen molar-refractivity contribution >= 4 is 23.6 Å². The zero-order valence-corrected chi connectivity index (χ0v) is 21.5. The van der Waals surface area contributed by atoms with Gasteiger partial charge in [-0.3, -0.25) is 19.9 Å². The molecule has 0 aliphatic heterocycles. The number of hydrogen-bond donors (Lipinski definition) is 3. The molecule has 3 N–H and O–H groups in total. The van der Waals surface area contributed by atoms with Gasteiger partial charge in [0.25, 0.3) is 5.56 Å². The van der Waals surface area contributed by atoms with E-state index >= 15 is 0 Å². The first-order valence-electron chi connectivity index (χ1n) is 12.5. The monoisotopic (exact) mass is 506 g/mol. The number of benzene rings is 2. The molecule has 2 amide bonds. The number of anilines is 2. The fraction of sp³-hybridized carbons (Fsp3) is 0.357. The van der Waals surface area contributed by atoms with E-state index < -0.39 is 6.03 Å². The van der Waals surface area contributed by atoms with Gasteiger partial charge in [-0.2, -0.15) is 0 Å². The van der Waals surface area contributed by atoms with Gasteiger partial charge in [0, 0.05) is 24.6 Å². The van der Waals surface area contributed by atoms with Crippen LogP contribution in [0.2, 0.25) is 0 Å². The maximum Gasteiger partial charge on any atom is 0.326 e. The zero-order valence-electron chi connectivity index (χ0n) is 21.5. The fourth-order valence-electron chi connectivity index (χ4n) is 3.74. The Morgan fingerprint density at radius 1 is 0.973 bits per heavy atom. The Morgan fingerprint density at radius 2 is 1.65 bits per heavy atom. The largest absolute Gasteiger partial charge is 0.489 e. The summed E-state index contributed by atoms with van der Waals surface area (Å²) in [5.74, 6) is 0.675. The molecule has 1 aromatic heterocycles. The summed E-state index contributed by atoms with van der Waals surface area (Å²) in [7, 11) is 0. The standard InChI is InChI=1S/C28H34N4O5/c1-4-6-7-22(5-2)25-16-26(34)31-27(30-25)32-28(35)29-23-12-8-20(9-13-23)18-37-24-14-10-21(11-15-24)17-36-19(3)33/h8-16,22H,4-7,17-18H2,1-3H3,(H3,29,30,31,32,34,35). The van der Waals surface area contributed by atoms with E-state index in [1.807, 2.05) is 36.4 Å². The van der Waals surface area contributed by atoms with Crippen molar-refractivity contribution in [2.24, 2.45) is 0 Å². The number of urea groups is 1. The highest BCUT2D eigenvalue weighted by Crippen LogP contribution is 2.23. The molecule has 0 aliphatic rings. The van der Waals surface area contributed by atoms with Crippen LogP contribution >= 0.6 is 0 Å². The van der Waals surface area contributed by atoms with Gasteiger partial charge in [0.1, 0.15) is 19.0 Å². The molecule has 0 radical (unpaired) electrons. The Hall–Kier alpha value is -4.14.